The molecule has 0 aromatic heterocycles. The summed E-state index contributed by atoms with van der Waals surface area (Å²) in [5.74, 6) is 0. The van der Waals surface area contributed by atoms with Gasteiger partial charge in [0.05, 0.1) is 6.26 Å². The summed E-state index contributed by atoms with van der Waals surface area (Å²) in [5, 5.41) is 3.61. The SMILES string of the molecule is Cc1ccc(Cl)cc1N1CCN(C(=O)NCc2cccc(NS(C)(=O)=O)c2)CC1. The van der Waals surface area contributed by atoms with Gasteiger partial charge in [0, 0.05) is 49.1 Å². The monoisotopic (exact) mass is 436 g/mol. The van der Waals surface area contributed by atoms with E-state index in [4.69, 9.17) is 11.6 Å². The second-order valence-electron chi connectivity index (χ2n) is 7.14. The van der Waals surface area contributed by atoms with E-state index in [0.29, 0.717) is 30.3 Å². The molecule has 3 rings (SSSR count). The standard InChI is InChI=1S/C20H25ClN4O3S/c1-15-6-7-17(21)13-19(15)24-8-10-25(11-9-24)20(26)22-14-16-4-3-5-18(12-16)23-29(2,27)28/h3-7,12-13,23H,8-11,14H2,1-2H3,(H,22,26). The smallest absolute Gasteiger partial charge is 0.317 e. The van der Waals surface area contributed by atoms with E-state index >= 15 is 0 Å². The molecular weight excluding hydrogens is 412 g/mol. The molecule has 0 spiro atoms. The quantitative estimate of drug-likeness (QED) is 0.754. The summed E-state index contributed by atoms with van der Waals surface area (Å²) in [6.45, 7) is 5.09. The Morgan fingerprint density at radius 1 is 1.10 bits per heavy atom. The molecule has 7 nitrogen and oxygen atoms in total. The van der Waals surface area contributed by atoms with Crippen LogP contribution in [0.4, 0.5) is 16.2 Å². The highest BCUT2D eigenvalue weighted by atomic mass is 35.5. The molecule has 9 heteroatoms. The van der Waals surface area contributed by atoms with Gasteiger partial charge in [-0.1, -0.05) is 29.8 Å². The number of hydrogen-bond donors (Lipinski definition) is 2. The summed E-state index contributed by atoms with van der Waals surface area (Å²) in [5.41, 5.74) is 3.56. The molecule has 1 aliphatic heterocycles. The Hall–Kier alpha value is -2.45. The van der Waals surface area contributed by atoms with Crippen molar-refractivity contribution in [1.82, 2.24) is 10.2 Å². The molecule has 156 valence electrons. The van der Waals surface area contributed by atoms with Gasteiger partial charge in [0.25, 0.3) is 0 Å². The Balaban J connectivity index is 1.53. The van der Waals surface area contributed by atoms with Crippen molar-refractivity contribution < 1.29 is 13.2 Å². The number of hydrogen-bond acceptors (Lipinski definition) is 4. The van der Waals surface area contributed by atoms with Crippen LogP contribution in [-0.2, 0) is 16.6 Å². The van der Waals surface area contributed by atoms with E-state index < -0.39 is 10.0 Å². The summed E-state index contributed by atoms with van der Waals surface area (Å²) in [4.78, 5) is 16.5. The third-order valence-electron chi connectivity index (χ3n) is 4.75. The van der Waals surface area contributed by atoms with E-state index in [1.807, 2.05) is 24.3 Å². The second kappa shape index (κ2) is 8.92. The summed E-state index contributed by atoms with van der Waals surface area (Å²) >= 11 is 6.12. The van der Waals surface area contributed by atoms with Gasteiger partial charge in [-0.2, -0.15) is 0 Å². The van der Waals surface area contributed by atoms with E-state index in [2.05, 4.69) is 21.9 Å². The number of amides is 2. The number of urea groups is 1. The lowest BCUT2D eigenvalue weighted by molar-refractivity contribution is 0.194. The minimum Gasteiger partial charge on any atom is -0.368 e. The highest BCUT2D eigenvalue weighted by molar-refractivity contribution is 7.92. The van der Waals surface area contributed by atoms with Gasteiger partial charge in [-0.05, 0) is 42.3 Å². The number of carbonyl (C=O) groups is 1. The van der Waals surface area contributed by atoms with E-state index in [0.717, 1.165) is 36.2 Å². The molecule has 2 amide bonds. The maximum Gasteiger partial charge on any atom is 0.317 e. The van der Waals surface area contributed by atoms with E-state index in [9.17, 15) is 13.2 Å². The number of halogens is 1. The molecule has 0 unspecified atom stereocenters. The first kappa shape index (κ1) is 21.3. The van der Waals surface area contributed by atoms with Crippen LogP contribution in [0.15, 0.2) is 42.5 Å². The Morgan fingerprint density at radius 2 is 1.83 bits per heavy atom. The number of aryl methyl sites for hydroxylation is 1. The van der Waals surface area contributed by atoms with Crippen molar-refractivity contribution in [1.29, 1.82) is 0 Å². The number of piperazine rings is 1. The third-order valence-corrected chi connectivity index (χ3v) is 5.59. The molecular formula is C20H25ClN4O3S. The van der Waals surface area contributed by atoms with E-state index in [1.54, 1.807) is 23.1 Å². The van der Waals surface area contributed by atoms with Crippen molar-refractivity contribution in [2.24, 2.45) is 0 Å². The lowest BCUT2D eigenvalue weighted by Crippen LogP contribution is -2.51. The summed E-state index contributed by atoms with van der Waals surface area (Å²) in [6, 6.07) is 12.7. The highest BCUT2D eigenvalue weighted by Crippen LogP contribution is 2.25. The molecule has 29 heavy (non-hydrogen) atoms. The summed E-state index contributed by atoms with van der Waals surface area (Å²) in [7, 11) is -3.33. The molecule has 1 aliphatic rings. The molecule has 1 saturated heterocycles. The fraction of sp³-hybridized carbons (Fsp3) is 0.350. The van der Waals surface area contributed by atoms with Crippen LogP contribution in [0.2, 0.25) is 5.02 Å². The molecule has 0 saturated carbocycles. The van der Waals surface area contributed by atoms with E-state index in [1.165, 1.54) is 0 Å². The van der Waals surface area contributed by atoms with Gasteiger partial charge in [-0.15, -0.1) is 0 Å². The number of sulfonamides is 1. The van der Waals surface area contributed by atoms with Crippen molar-refractivity contribution in [2.75, 3.05) is 42.1 Å². The molecule has 0 radical (unpaired) electrons. The number of nitrogens with one attached hydrogen (secondary N) is 2. The summed E-state index contributed by atoms with van der Waals surface area (Å²) in [6.07, 6.45) is 1.10. The van der Waals surface area contributed by atoms with Crippen molar-refractivity contribution in [2.45, 2.75) is 13.5 Å². The molecule has 1 heterocycles. The Morgan fingerprint density at radius 3 is 2.52 bits per heavy atom. The fourth-order valence-corrected chi connectivity index (χ4v) is 4.04. The first-order valence-corrected chi connectivity index (χ1v) is 11.6. The van der Waals surface area contributed by atoms with Gasteiger partial charge in [0.1, 0.15) is 0 Å². The first-order valence-electron chi connectivity index (χ1n) is 9.32. The van der Waals surface area contributed by atoms with E-state index in [-0.39, 0.29) is 6.03 Å². The van der Waals surface area contributed by atoms with Crippen LogP contribution >= 0.6 is 11.6 Å². The Bertz CT molecular complexity index is 989. The highest BCUT2D eigenvalue weighted by Gasteiger charge is 2.22. The maximum absolute atomic E-state index is 12.5. The second-order valence-corrected chi connectivity index (χ2v) is 9.32. The van der Waals surface area contributed by atoms with Gasteiger partial charge in [0.15, 0.2) is 0 Å². The average molecular weight is 437 g/mol. The van der Waals surface area contributed by atoms with Crippen LogP contribution in [0, 0.1) is 6.92 Å². The zero-order chi connectivity index (χ0) is 21.0. The van der Waals surface area contributed by atoms with Gasteiger partial charge >= 0.3 is 6.03 Å². The third kappa shape index (κ3) is 6.01. The summed E-state index contributed by atoms with van der Waals surface area (Å²) < 4.78 is 25.1. The van der Waals surface area contributed by atoms with Crippen molar-refractivity contribution in [3.8, 4) is 0 Å². The number of rotatable bonds is 5. The van der Waals surface area contributed by atoms with Crippen molar-refractivity contribution in [3.63, 3.8) is 0 Å². The Labute approximate surface area is 176 Å². The molecule has 2 aromatic carbocycles. The maximum atomic E-state index is 12.5. The number of nitrogens with zero attached hydrogens (tertiary/aromatic N) is 2. The van der Waals surface area contributed by atoms with Crippen molar-refractivity contribution in [3.05, 3.63) is 58.6 Å². The number of benzene rings is 2. The number of anilines is 2. The molecule has 2 N–H and O–H groups in total. The van der Waals surface area contributed by atoms with Crippen LogP contribution in [-0.4, -0.2) is 51.8 Å². The molecule has 0 bridgehead atoms. The topological polar surface area (TPSA) is 81.8 Å². The molecule has 2 aromatic rings. The minimum atomic E-state index is -3.33. The van der Waals surface area contributed by atoms with Crippen molar-refractivity contribution >= 4 is 39.0 Å². The van der Waals surface area contributed by atoms with Gasteiger partial charge in [-0.3, -0.25) is 4.72 Å². The molecule has 0 aliphatic carbocycles. The molecule has 1 fully saturated rings. The van der Waals surface area contributed by atoms with Crippen LogP contribution in [0.5, 0.6) is 0 Å². The van der Waals surface area contributed by atoms with Crippen LogP contribution in [0.25, 0.3) is 0 Å². The predicted molar refractivity (Wildman–Crippen MR) is 117 cm³/mol. The zero-order valence-corrected chi connectivity index (χ0v) is 18.1. The lowest BCUT2D eigenvalue weighted by Gasteiger charge is -2.36. The lowest BCUT2D eigenvalue weighted by atomic mass is 10.1. The molecule has 0 atom stereocenters. The largest absolute Gasteiger partial charge is 0.368 e. The van der Waals surface area contributed by atoms with Gasteiger partial charge in [-0.25, -0.2) is 13.2 Å². The normalized spacial score (nSPS) is 14.6. The minimum absolute atomic E-state index is 0.131. The first-order chi connectivity index (χ1) is 13.7. The van der Waals surface area contributed by atoms with Crippen LogP contribution in [0.1, 0.15) is 11.1 Å². The number of carbonyl (C=O) groups excluding carboxylic acids is 1. The average Bonchev–Trinajstić information content (AvgIpc) is 2.67. The van der Waals surface area contributed by atoms with Gasteiger partial charge < -0.3 is 15.1 Å². The van der Waals surface area contributed by atoms with Crippen LogP contribution < -0.4 is 14.9 Å². The fourth-order valence-electron chi connectivity index (χ4n) is 3.32. The zero-order valence-electron chi connectivity index (χ0n) is 16.5. The Kier molecular flexibility index (Phi) is 6.54. The van der Waals surface area contributed by atoms with Gasteiger partial charge in [0.2, 0.25) is 10.0 Å². The van der Waals surface area contributed by atoms with Crippen LogP contribution in [0.3, 0.4) is 0 Å². The predicted octanol–water partition coefficient (Wildman–Crippen LogP) is 3.05.